The standard InChI is InChI=1S/C19H25N3O2S/c1-14-3-2-4-15(11-14)13-25(23,24)20-9-10-22-19(17-7-8-17)12-18(21-22)16-5-6-16/h2-4,11-12,16-17,20H,5-10,13H2,1H3. The molecule has 0 unspecified atom stereocenters. The van der Waals surface area contributed by atoms with Crippen molar-refractivity contribution < 1.29 is 8.42 Å². The van der Waals surface area contributed by atoms with Crippen LogP contribution in [-0.2, 0) is 22.3 Å². The van der Waals surface area contributed by atoms with Crippen molar-refractivity contribution in [2.45, 2.75) is 56.7 Å². The van der Waals surface area contributed by atoms with Crippen LogP contribution in [0.3, 0.4) is 0 Å². The summed E-state index contributed by atoms with van der Waals surface area (Å²) in [6, 6.07) is 9.88. The van der Waals surface area contributed by atoms with E-state index < -0.39 is 10.0 Å². The number of aryl methyl sites for hydroxylation is 1. The van der Waals surface area contributed by atoms with E-state index in [4.69, 9.17) is 5.10 Å². The Kier molecular flexibility index (Phi) is 4.41. The Morgan fingerprint density at radius 1 is 1.16 bits per heavy atom. The van der Waals surface area contributed by atoms with Gasteiger partial charge in [-0.3, -0.25) is 4.68 Å². The first-order chi connectivity index (χ1) is 12.0. The van der Waals surface area contributed by atoms with Gasteiger partial charge >= 0.3 is 0 Å². The number of aromatic nitrogens is 2. The quantitative estimate of drug-likeness (QED) is 0.788. The fraction of sp³-hybridized carbons (Fsp3) is 0.526. The summed E-state index contributed by atoms with van der Waals surface area (Å²) in [4.78, 5) is 0. The van der Waals surface area contributed by atoms with E-state index in [1.807, 2.05) is 35.9 Å². The molecule has 0 aliphatic heterocycles. The smallest absolute Gasteiger partial charge is 0.215 e. The summed E-state index contributed by atoms with van der Waals surface area (Å²) in [5.41, 5.74) is 4.39. The van der Waals surface area contributed by atoms with Crippen molar-refractivity contribution in [3.63, 3.8) is 0 Å². The first-order valence-electron chi connectivity index (χ1n) is 9.11. The molecule has 0 bridgehead atoms. The Labute approximate surface area is 149 Å². The molecule has 2 fully saturated rings. The van der Waals surface area contributed by atoms with Crippen molar-refractivity contribution in [2.75, 3.05) is 6.54 Å². The minimum atomic E-state index is -3.33. The minimum Gasteiger partial charge on any atom is -0.268 e. The van der Waals surface area contributed by atoms with Gasteiger partial charge in [-0.1, -0.05) is 29.8 Å². The molecule has 1 N–H and O–H groups in total. The van der Waals surface area contributed by atoms with Gasteiger partial charge in [0, 0.05) is 24.1 Å². The third kappa shape index (κ3) is 4.30. The van der Waals surface area contributed by atoms with E-state index in [9.17, 15) is 8.42 Å². The lowest BCUT2D eigenvalue weighted by Gasteiger charge is -2.09. The van der Waals surface area contributed by atoms with Crippen LogP contribution in [0.4, 0.5) is 0 Å². The molecule has 0 amide bonds. The minimum absolute atomic E-state index is 0.0244. The van der Waals surface area contributed by atoms with Gasteiger partial charge in [-0.15, -0.1) is 0 Å². The lowest BCUT2D eigenvalue weighted by molar-refractivity contribution is 0.547. The molecule has 134 valence electrons. The lowest BCUT2D eigenvalue weighted by Crippen LogP contribution is -2.29. The van der Waals surface area contributed by atoms with Crippen molar-refractivity contribution >= 4 is 10.0 Å². The second-order valence-corrected chi connectivity index (χ2v) is 9.22. The Morgan fingerprint density at radius 3 is 2.60 bits per heavy atom. The van der Waals surface area contributed by atoms with Crippen LogP contribution >= 0.6 is 0 Å². The van der Waals surface area contributed by atoms with Crippen LogP contribution in [0.1, 0.15) is 60.0 Å². The first-order valence-corrected chi connectivity index (χ1v) is 10.8. The molecule has 2 aromatic rings. The maximum Gasteiger partial charge on any atom is 0.215 e. The van der Waals surface area contributed by atoms with Crippen LogP contribution in [0, 0.1) is 6.92 Å². The van der Waals surface area contributed by atoms with Crippen molar-refractivity contribution in [1.82, 2.24) is 14.5 Å². The number of nitrogens with one attached hydrogen (secondary N) is 1. The Morgan fingerprint density at radius 2 is 1.92 bits per heavy atom. The second kappa shape index (κ2) is 6.57. The Hall–Kier alpha value is -1.66. The molecular formula is C19H25N3O2S. The second-order valence-electron chi connectivity index (χ2n) is 7.41. The molecule has 6 heteroatoms. The third-order valence-electron chi connectivity index (χ3n) is 4.91. The molecule has 4 rings (SSSR count). The van der Waals surface area contributed by atoms with Crippen molar-refractivity contribution in [2.24, 2.45) is 0 Å². The summed E-state index contributed by atoms with van der Waals surface area (Å²) in [5.74, 6) is 1.29. The van der Waals surface area contributed by atoms with Crippen LogP contribution in [0.15, 0.2) is 30.3 Å². The zero-order chi connectivity index (χ0) is 17.4. The number of nitrogens with zero attached hydrogens (tertiary/aromatic N) is 2. The molecule has 1 aromatic carbocycles. The Bertz CT molecular complexity index is 865. The van der Waals surface area contributed by atoms with Gasteiger partial charge in [-0.25, -0.2) is 13.1 Å². The van der Waals surface area contributed by atoms with Gasteiger partial charge in [0.2, 0.25) is 10.0 Å². The average Bonchev–Trinajstić information content (AvgIpc) is 3.46. The summed E-state index contributed by atoms with van der Waals surface area (Å²) in [6.45, 7) is 2.96. The normalized spacial score (nSPS) is 17.8. The highest BCUT2D eigenvalue weighted by Crippen LogP contribution is 2.44. The predicted molar refractivity (Wildman–Crippen MR) is 98.0 cm³/mol. The van der Waals surface area contributed by atoms with Gasteiger partial charge < -0.3 is 0 Å². The zero-order valence-electron chi connectivity index (χ0n) is 14.6. The first kappa shape index (κ1) is 16.8. The van der Waals surface area contributed by atoms with Crippen LogP contribution in [0.5, 0.6) is 0 Å². The lowest BCUT2D eigenvalue weighted by atomic mass is 10.2. The van der Waals surface area contributed by atoms with Crippen LogP contribution in [0.25, 0.3) is 0 Å². The van der Waals surface area contributed by atoms with Gasteiger partial charge in [0.25, 0.3) is 0 Å². The topological polar surface area (TPSA) is 64.0 Å². The summed E-state index contributed by atoms with van der Waals surface area (Å²) < 4.78 is 29.4. The monoisotopic (exact) mass is 359 g/mol. The molecule has 1 aromatic heterocycles. The van der Waals surface area contributed by atoms with E-state index >= 15 is 0 Å². The zero-order valence-corrected chi connectivity index (χ0v) is 15.4. The highest BCUT2D eigenvalue weighted by Gasteiger charge is 2.32. The molecule has 0 atom stereocenters. The summed E-state index contributed by atoms with van der Waals surface area (Å²) in [7, 11) is -3.33. The highest BCUT2D eigenvalue weighted by molar-refractivity contribution is 7.88. The number of hydrogen-bond acceptors (Lipinski definition) is 3. The number of benzene rings is 1. The van der Waals surface area contributed by atoms with Crippen molar-refractivity contribution in [3.8, 4) is 0 Å². The number of rotatable bonds is 8. The third-order valence-corrected chi connectivity index (χ3v) is 6.26. The molecule has 2 saturated carbocycles. The molecule has 0 radical (unpaired) electrons. The maximum absolute atomic E-state index is 12.3. The van der Waals surface area contributed by atoms with Gasteiger partial charge in [-0.2, -0.15) is 5.10 Å². The molecule has 2 aliphatic carbocycles. The molecule has 0 spiro atoms. The maximum atomic E-state index is 12.3. The van der Waals surface area contributed by atoms with Crippen LogP contribution in [0.2, 0.25) is 0 Å². The summed E-state index contributed by atoms with van der Waals surface area (Å²) >= 11 is 0. The van der Waals surface area contributed by atoms with Crippen LogP contribution < -0.4 is 4.72 Å². The van der Waals surface area contributed by atoms with Crippen LogP contribution in [-0.4, -0.2) is 24.7 Å². The summed E-state index contributed by atoms with van der Waals surface area (Å²) in [5, 5.41) is 4.73. The van der Waals surface area contributed by atoms with E-state index in [1.165, 1.54) is 37.1 Å². The van der Waals surface area contributed by atoms with E-state index in [0.717, 1.165) is 11.1 Å². The van der Waals surface area contributed by atoms with Gasteiger partial charge in [0.1, 0.15) is 0 Å². The van der Waals surface area contributed by atoms with Crippen molar-refractivity contribution in [1.29, 1.82) is 0 Å². The summed E-state index contributed by atoms with van der Waals surface area (Å²) in [6.07, 6.45) is 4.94. The molecule has 25 heavy (non-hydrogen) atoms. The molecule has 2 aliphatic rings. The molecule has 0 saturated heterocycles. The fourth-order valence-electron chi connectivity index (χ4n) is 3.30. The SMILES string of the molecule is Cc1cccc(CS(=O)(=O)NCCn2nc(C3CC3)cc2C2CC2)c1. The van der Waals surface area contributed by atoms with Gasteiger partial charge in [0.15, 0.2) is 0 Å². The van der Waals surface area contributed by atoms with E-state index in [1.54, 1.807) is 0 Å². The highest BCUT2D eigenvalue weighted by atomic mass is 32.2. The molecular weight excluding hydrogens is 334 g/mol. The largest absolute Gasteiger partial charge is 0.268 e. The van der Waals surface area contributed by atoms with E-state index in [0.29, 0.717) is 24.9 Å². The number of hydrogen-bond donors (Lipinski definition) is 1. The van der Waals surface area contributed by atoms with E-state index in [-0.39, 0.29) is 5.75 Å². The van der Waals surface area contributed by atoms with E-state index in [2.05, 4.69) is 10.8 Å². The predicted octanol–water partition coefficient (Wildman–Crippen LogP) is 3.07. The van der Waals surface area contributed by atoms with Gasteiger partial charge in [-0.05, 0) is 44.2 Å². The molecule has 1 heterocycles. The number of sulfonamides is 1. The molecule has 5 nitrogen and oxygen atoms in total. The average molecular weight is 359 g/mol. The Balaban J connectivity index is 1.37. The van der Waals surface area contributed by atoms with Gasteiger partial charge in [0.05, 0.1) is 18.0 Å². The fourth-order valence-corrected chi connectivity index (χ4v) is 4.42. The van der Waals surface area contributed by atoms with Crippen molar-refractivity contribution in [3.05, 3.63) is 52.8 Å².